The summed E-state index contributed by atoms with van der Waals surface area (Å²) >= 11 is 6.40. The summed E-state index contributed by atoms with van der Waals surface area (Å²) in [5.74, 6) is -1.61. The molecule has 1 saturated heterocycles. The Balaban J connectivity index is 1.79. The van der Waals surface area contributed by atoms with Crippen LogP contribution in [-0.2, 0) is 10.8 Å². The summed E-state index contributed by atoms with van der Waals surface area (Å²) in [6.45, 7) is 17.5. The summed E-state index contributed by atoms with van der Waals surface area (Å²) in [7, 11) is -2.10. The van der Waals surface area contributed by atoms with Crippen LogP contribution in [0.3, 0.4) is 0 Å². The molecule has 1 aliphatic heterocycles. The van der Waals surface area contributed by atoms with Crippen molar-refractivity contribution in [1.29, 1.82) is 0 Å². The molecule has 1 atom stereocenters. The van der Waals surface area contributed by atoms with Crippen LogP contribution in [0, 0.1) is 11.6 Å². The van der Waals surface area contributed by atoms with E-state index in [2.05, 4.69) is 48.8 Å². The maximum atomic E-state index is 16.1. The minimum Gasteiger partial charge on any atom is -0.465 e. The van der Waals surface area contributed by atoms with Crippen LogP contribution >= 0.6 is 11.6 Å². The van der Waals surface area contributed by atoms with Gasteiger partial charge in [-0.05, 0) is 67.2 Å². The Morgan fingerprint density at radius 3 is 2.47 bits per heavy atom. The first-order valence-electron chi connectivity index (χ1n) is 16.4. The van der Waals surface area contributed by atoms with Crippen molar-refractivity contribution in [2.24, 2.45) is 0 Å². The fourth-order valence-electron chi connectivity index (χ4n) is 5.90. The van der Waals surface area contributed by atoms with Crippen LogP contribution in [0.25, 0.3) is 28.0 Å². The second kappa shape index (κ2) is 13.8. The summed E-state index contributed by atoms with van der Waals surface area (Å²) in [5, 5.41) is 9.73. The molecule has 1 unspecified atom stereocenters. The average molecular weight is 713 g/mol. The van der Waals surface area contributed by atoms with Crippen molar-refractivity contribution >= 4 is 42.9 Å². The molecule has 0 aliphatic carbocycles. The van der Waals surface area contributed by atoms with Gasteiger partial charge in [0, 0.05) is 38.5 Å². The van der Waals surface area contributed by atoms with Crippen LogP contribution in [0.5, 0.6) is 0 Å². The van der Waals surface area contributed by atoms with Gasteiger partial charge in [-0.2, -0.15) is 4.98 Å². The number of pyridine rings is 2. The van der Waals surface area contributed by atoms with Gasteiger partial charge in [0.2, 0.25) is 0 Å². The molecule has 10 nitrogen and oxygen atoms in total. The lowest BCUT2D eigenvalue weighted by molar-refractivity contribution is 0.136. The summed E-state index contributed by atoms with van der Waals surface area (Å²) in [5.41, 5.74) is 0.573. The van der Waals surface area contributed by atoms with E-state index in [4.69, 9.17) is 16.0 Å². The number of hydrogen-bond acceptors (Lipinski definition) is 7. The Bertz CT molecular complexity index is 1950. The van der Waals surface area contributed by atoms with E-state index >= 15 is 8.78 Å². The second-order valence-electron chi connectivity index (χ2n) is 14.3. The number of aromatic nitrogens is 4. The zero-order valence-corrected chi connectivity index (χ0v) is 30.9. The summed E-state index contributed by atoms with van der Waals surface area (Å²) in [6.07, 6.45) is 1.08. The fraction of sp³-hybridized carbons (Fsp3) is 0.457. The van der Waals surface area contributed by atoms with E-state index in [1.807, 2.05) is 26.8 Å². The normalized spacial score (nSPS) is 15.8. The van der Waals surface area contributed by atoms with E-state index in [0.29, 0.717) is 24.4 Å². The predicted octanol–water partition coefficient (Wildman–Crippen LogP) is 7.65. The third-order valence-electron chi connectivity index (χ3n) is 9.62. The second-order valence-corrected chi connectivity index (χ2v) is 19.5. The van der Waals surface area contributed by atoms with Gasteiger partial charge in [0.15, 0.2) is 19.8 Å². The highest BCUT2D eigenvalue weighted by molar-refractivity contribution is 6.74. The number of anilines is 1. The van der Waals surface area contributed by atoms with Gasteiger partial charge < -0.3 is 19.3 Å². The molecule has 0 spiro atoms. The van der Waals surface area contributed by atoms with Crippen LogP contribution in [-0.4, -0.2) is 76.2 Å². The first-order chi connectivity index (χ1) is 22.9. The van der Waals surface area contributed by atoms with Crippen molar-refractivity contribution in [3.63, 3.8) is 0 Å². The van der Waals surface area contributed by atoms with Crippen LogP contribution < -0.4 is 10.6 Å². The number of nitrogens with zero attached hydrogens (tertiary/aromatic N) is 6. The van der Waals surface area contributed by atoms with Crippen molar-refractivity contribution in [2.75, 3.05) is 31.1 Å². The van der Waals surface area contributed by atoms with Gasteiger partial charge in [0.25, 0.3) is 0 Å². The molecule has 262 valence electrons. The third-order valence-corrected chi connectivity index (χ3v) is 14.5. The standard InChI is InChI=1S/C35H43ClF2N6O4Si/c1-20(2)28-30(22(12-14-39-28)13-17-48-49(7,8)35(4,5)6)44-32-23(18-26(38)29(40-32)27-24(36)10-9-11-25(27)37)31(41-33(44)45)43-16-15-42(34(46)47)19-21(43)3/h9-12,14,18,20-21H,13,15-17,19H2,1-8H3,(H,46,47). The van der Waals surface area contributed by atoms with Gasteiger partial charge in [0.1, 0.15) is 17.3 Å². The van der Waals surface area contributed by atoms with E-state index in [1.54, 1.807) is 11.1 Å². The molecule has 4 aromatic rings. The number of fused-ring (bicyclic) bond motifs is 1. The topological polar surface area (TPSA) is 114 Å². The van der Waals surface area contributed by atoms with E-state index in [-0.39, 0.29) is 63.7 Å². The molecule has 3 aromatic heterocycles. The third kappa shape index (κ3) is 7.06. The lowest BCUT2D eigenvalue weighted by Crippen LogP contribution is -2.54. The minimum atomic E-state index is -2.10. The van der Waals surface area contributed by atoms with Crippen molar-refractivity contribution in [2.45, 2.75) is 78.1 Å². The number of carboxylic acid groups (broad SMARTS) is 1. The van der Waals surface area contributed by atoms with Crippen LogP contribution in [0.15, 0.2) is 41.3 Å². The molecule has 0 saturated carbocycles. The number of halogens is 3. The van der Waals surface area contributed by atoms with Gasteiger partial charge in [-0.15, -0.1) is 0 Å². The number of carbonyl (C=O) groups is 1. The quantitative estimate of drug-likeness (QED) is 0.185. The first-order valence-corrected chi connectivity index (χ1v) is 19.7. The Kier molecular flexibility index (Phi) is 10.2. The Labute approximate surface area is 290 Å². The van der Waals surface area contributed by atoms with E-state index in [9.17, 15) is 14.7 Å². The molecule has 0 radical (unpaired) electrons. The van der Waals surface area contributed by atoms with Crippen molar-refractivity contribution in [1.82, 2.24) is 24.4 Å². The van der Waals surface area contributed by atoms with Gasteiger partial charge in [-0.1, -0.05) is 52.3 Å². The van der Waals surface area contributed by atoms with E-state index in [1.165, 1.54) is 33.7 Å². The van der Waals surface area contributed by atoms with E-state index < -0.39 is 37.8 Å². The average Bonchev–Trinajstić information content (AvgIpc) is 3.00. The smallest absolute Gasteiger partial charge is 0.407 e. The number of piperazine rings is 1. The van der Waals surface area contributed by atoms with Crippen LogP contribution in [0.4, 0.5) is 19.4 Å². The van der Waals surface area contributed by atoms with Crippen molar-refractivity contribution < 1.29 is 23.1 Å². The molecule has 1 amide bonds. The molecule has 49 heavy (non-hydrogen) atoms. The van der Waals surface area contributed by atoms with Gasteiger partial charge in [-0.25, -0.2) is 27.9 Å². The molecule has 0 bridgehead atoms. The molecule has 1 aliphatic rings. The monoisotopic (exact) mass is 712 g/mol. The van der Waals surface area contributed by atoms with Crippen molar-refractivity contribution in [3.8, 4) is 16.9 Å². The molecular formula is C35H43ClF2N6O4Si. The van der Waals surface area contributed by atoms with E-state index in [0.717, 1.165) is 5.56 Å². The minimum absolute atomic E-state index is 0.00444. The maximum Gasteiger partial charge on any atom is 0.407 e. The number of rotatable bonds is 8. The molecular weight excluding hydrogens is 670 g/mol. The first kappa shape index (κ1) is 36.3. The highest BCUT2D eigenvalue weighted by atomic mass is 35.5. The zero-order valence-electron chi connectivity index (χ0n) is 29.1. The molecule has 1 fully saturated rings. The lowest BCUT2D eigenvalue weighted by Gasteiger charge is -2.39. The van der Waals surface area contributed by atoms with Gasteiger partial charge >= 0.3 is 11.8 Å². The van der Waals surface area contributed by atoms with Crippen LogP contribution in [0.1, 0.15) is 58.7 Å². The summed E-state index contributed by atoms with van der Waals surface area (Å²) < 4.78 is 39.2. The maximum absolute atomic E-state index is 16.1. The summed E-state index contributed by atoms with van der Waals surface area (Å²) in [4.78, 5) is 43.0. The van der Waals surface area contributed by atoms with Crippen LogP contribution in [0.2, 0.25) is 23.2 Å². The number of amides is 1. The highest BCUT2D eigenvalue weighted by Gasteiger charge is 2.37. The zero-order chi connectivity index (χ0) is 36.0. The predicted molar refractivity (Wildman–Crippen MR) is 191 cm³/mol. The number of benzene rings is 1. The SMILES string of the molecule is CC(C)c1nccc(CCO[Si](C)(C)C(C)(C)C)c1-n1c(=O)nc(N2CCN(C(=O)O)CC2C)c2cc(F)c(-c3c(F)cccc3Cl)nc21. The molecule has 14 heteroatoms. The van der Waals surface area contributed by atoms with Gasteiger partial charge in [-0.3, -0.25) is 4.98 Å². The van der Waals surface area contributed by atoms with Gasteiger partial charge in [0.05, 0.1) is 27.4 Å². The molecule has 1 N–H and O–H groups in total. The Morgan fingerprint density at radius 2 is 1.86 bits per heavy atom. The van der Waals surface area contributed by atoms with Crippen molar-refractivity contribution in [3.05, 3.63) is 74.9 Å². The Morgan fingerprint density at radius 1 is 1.14 bits per heavy atom. The Hall–Kier alpha value is -3.94. The molecule has 5 rings (SSSR count). The lowest BCUT2D eigenvalue weighted by atomic mass is 10.0. The fourth-order valence-corrected chi connectivity index (χ4v) is 7.20. The highest BCUT2D eigenvalue weighted by Crippen LogP contribution is 2.38. The molecule has 4 heterocycles. The molecule has 1 aromatic carbocycles. The largest absolute Gasteiger partial charge is 0.465 e. The number of hydrogen-bond donors (Lipinski definition) is 1. The summed E-state index contributed by atoms with van der Waals surface area (Å²) in [6, 6.07) is 6.65.